The summed E-state index contributed by atoms with van der Waals surface area (Å²) in [5, 5.41) is 2.59. The molecule has 3 aromatic rings. The maximum atomic E-state index is 12.8. The summed E-state index contributed by atoms with van der Waals surface area (Å²) in [4.78, 5) is 40.9. The van der Waals surface area contributed by atoms with E-state index in [1.165, 1.54) is 12.5 Å². The molecule has 2 amide bonds. The van der Waals surface area contributed by atoms with Gasteiger partial charge in [0.1, 0.15) is 10.9 Å². The highest BCUT2D eigenvalue weighted by molar-refractivity contribution is 7.08. The highest BCUT2D eigenvalue weighted by atomic mass is 32.1. The molecule has 0 bridgehead atoms. The highest BCUT2D eigenvalue weighted by Gasteiger charge is 2.28. The molecule has 0 spiro atoms. The SMILES string of the molecule is Cc1nsc(C(=O)NC(Cc2ccoc2)C(=O)C(N)=O)c1-c1ccccn1. The fourth-order valence-corrected chi connectivity index (χ4v) is 3.39. The Balaban J connectivity index is 1.88. The highest BCUT2D eigenvalue weighted by Crippen LogP contribution is 2.28. The van der Waals surface area contributed by atoms with E-state index in [0.29, 0.717) is 27.4 Å². The van der Waals surface area contributed by atoms with Crippen LogP contribution in [0.1, 0.15) is 20.9 Å². The van der Waals surface area contributed by atoms with E-state index in [2.05, 4.69) is 14.7 Å². The number of nitrogens with zero attached hydrogens (tertiary/aromatic N) is 2. The lowest BCUT2D eigenvalue weighted by Crippen LogP contribution is -2.47. The van der Waals surface area contributed by atoms with Gasteiger partial charge in [0.05, 0.1) is 23.9 Å². The molecule has 1 atom stereocenters. The molecule has 0 fully saturated rings. The number of amides is 2. The van der Waals surface area contributed by atoms with Crippen molar-refractivity contribution in [2.24, 2.45) is 5.73 Å². The first-order valence-electron chi connectivity index (χ1n) is 8.00. The zero-order valence-corrected chi connectivity index (χ0v) is 15.2. The molecule has 8 nitrogen and oxygen atoms in total. The second-order valence-electron chi connectivity index (χ2n) is 5.78. The van der Waals surface area contributed by atoms with Crippen LogP contribution in [0.25, 0.3) is 11.3 Å². The molecule has 0 radical (unpaired) electrons. The number of furan rings is 1. The first-order chi connectivity index (χ1) is 13.0. The number of carbonyl (C=O) groups excluding carboxylic acids is 3. The van der Waals surface area contributed by atoms with Gasteiger partial charge in [0.15, 0.2) is 0 Å². The second-order valence-corrected chi connectivity index (χ2v) is 6.55. The summed E-state index contributed by atoms with van der Waals surface area (Å²) in [6.07, 6.45) is 4.57. The van der Waals surface area contributed by atoms with Gasteiger partial charge in [0.25, 0.3) is 11.8 Å². The van der Waals surface area contributed by atoms with Crippen molar-refractivity contribution in [3.63, 3.8) is 0 Å². The topological polar surface area (TPSA) is 128 Å². The lowest BCUT2D eigenvalue weighted by atomic mass is 10.0. The number of rotatable bonds is 7. The van der Waals surface area contributed by atoms with Gasteiger partial charge in [-0.2, -0.15) is 4.37 Å². The molecule has 27 heavy (non-hydrogen) atoms. The van der Waals surface area contributed by atoms with Crippen molar-refractivity contribution < 1.29 is 18.8 Å². The molecule has 0 aliphatic carbocycles. The van der Waals surface area contributed by atoms with Crippen molar-refractivity contribution in [1.29, 1.82) is 0 Å². The number of aryl methyl sites for hydroxylation is 1. The predicted octanol–water partition coefficient (Wildman–Crippen LogP) is 1.50. The van der Waals surface area contributed by atoms with Crippen LogP contribution in [-0.4, -0.2) is 33.0 Å². The number of aromatic nitrogens is 2. The standard InChI is InChI=1S/C18H16N4O4S/c1-10-14(12-4-2-3-6-20-12)16(27-22-10)18(25)21-13(15(23)17(19)24)8-11-5-7-26-9-11/h2-7,9,13H,8H2,1H3,(H2,19,24)(H,21,25). The van der Waals surface area contributed by atoms with Gasteiger partial charge in [0.2, 0.25) is 5.78 Å². The van der Waals surface area contributed by atoms with Crippen LogP contribution in [-0.2, 0) is 16.0 Å². The molecule has 9 heteroatoms. The Bertz CT molecular complexity index is 967. The molecular formula is C18H16N4O4S. The molecule has 3 N–H and O–H groups in total. The lowest BCUT2D eigenvalue weighted by Gasteiger charge is -2.15. The molecule has 1 unspecified atom stereocenters. The number of Topliss-reactive ketones (excluding diaryl/α,β-unsaturated/α-hetero) is 1. The van der Waals surface area contributed by atoms with E-state index < -0.39 is 23.6 Å². The maximum Gasteiger partial charge on any atom is 0.287 e. The molecule has 0 aliphatic rings. The van der Waals surface area contributed by atoms with E-state index in [0.717, 1.165) is 11.5 Å². The predicted molar refractivity (Wildman–Crippen MR) is 97.9 cm³/mol. The zero-order chi connectivity index (χ0) is 19.4. The summed E-state index contributed by atoms with van der Waals surface area (Å²) in [6.45, 7) is 1.77. The minimum absolute atomic E-state index is 0.0840. The molecule has 0 aliphatic heterocycles. The summed E-state index contributed by atoms with van der Waals surface area (Å²) in [6, 6.07) is 5.88. The lowest BCUT2D eigenvalue weighted by molar-refractivity contribution is -0.137. The molecule has 138 valence electrons. The molecule has 3 heterocycles. The molecular weight excluding hydrogens is 368 g/mol. The second kappa shape index (κ2) is 7.92. The minimum atomic E-state index is -1.12. The Labute approximate surface area is 158 Å². The van der Waals surface area contributed by atoms with Crippen molar-refractivity contribution in [2.45, 2.75) is 19.4 Å². The van der Waals surface area contributed by atoms with Gasteiger partial charge in [-0.3, -0.25) is 19.4 Å². The van der Waals surface area contributed by atoms with Gasteiger partial charge < -0.3 is 15.5 Å². The average Bonchev–Trinajstić information content (AvgIpc) is 3.30. The third kappa shape index (κ3) is 4.09. The van der Waals surface area contributed by atoms with Crippen LogP contribution in [0, 0.1) is 6.92 Å². The molecule has 3 rings (SSSR count). The Kier molecular flexibility index (Phi) is 5.41. The number of nitrogens with one attached hydrogen (secondary N) is 1. The Morgan fingerprint density at radius 3 is 2.74 bits per heavy atom. The maximum absolute atomic E-state index is 12.8. The monoisotopic (exact) mass is 384 g/mol. The number of hydrogen-bond donors (Lipinski definition) is 2. The number of carbonyl (C=O) groups is 3. The zero-order valence-electron chi connectivity index (χ0n) is 14.3. The number of primary amides is 1. The van der Waals surface area contributed by atoms with E-state index >= 15 is 0 Å². The fourth-order valence-electron chi connectivity index (χ4n) is 2.59. The quantitative estimate of drug-likeness (QED) is 0.594. The van der Waals surface area contributed by atoms with Crippen molar-refractivity contribution >= 4 is 29.1 Å². The Morgan fingerprint density at radius 2 is 2.11 bits per heavy atom. The van der Waals surface area contributed by atoms with Gasteiger partial charge in [-0.05, 0) is 42.2 Å². The largest absolute Gasteiger partial charge is 0.472 e. The number of ketones is 1. The van der Waals surface area contributed by atoms with Crippen molar-refractivity contribution in [3.8, 4) is 11.3 Å². The van der Waals surface area contributed by atoms with Gasteiger partial charge in [-0.25, -0.2) is 0 Å². The van der Waals surface area contributed by atoms with Crippen LogP contribution < -0.4 is 11.1 Å². The minimum Gasteiger partial charge on any atom is -0.472 e. The molecule has 3 aromatic heterocycles. The summed E-state index contributed by atoms with van der Waals surface area (Å²) in [5.41, 5.74) is 7.61. The third-order valence-electron chi connectivity index (χ3n) is 3.87. The average molecular weight is 384 g/mol. The summed E-state index contributed by atoms with van der Waals surface area (Å²) in [5.74, 6) is -2.52. The van der Waals surface area contributed by atoms with E-state index in [1.54, 1.807) is 37.4 Å². The first kappa shape index (κ1) is 18.5. The molecule has 0 saturated heterocycles. The van der Waals surface area contributed by atoms with Crippen molar-refractivity contribution in [3.05, 3.63) is 59.1 Å². The number of pyridine rings is 1. The van der Waals surface area contributed by atoms with Crippen LogP contribution >= 0.6 is 11.5 Å². The van der Waals surface area contributed by atoms with Gasteiger partial charge in [-0.15, -0.1) is 0 Å². The summed E-state index contributed by atoms with van der Waals surface area (Å²) >= 11 is 1.00. The van der Waals surface area contributed by atoms with E-state index in [9.17, 15) is 14.4 Å². The summed E-state index contributed by atoms with van der Waals surface area (Å²) < 4.78 is 9.20. The number of nitrogens with two attached hydrogens (primary N) is 1. The number of hydrogen-bond acceptors (Lipinski definition) is 7. The Morgan fingerprint density at radius 1 is 1.30 bits per heavy atom. The molecule has 0 saturated carbocycles. The fraction of sp³-hybridized carbons (Fsp3) is 0.167. The van der Waals surface area contributed by atoms with Gasteiger partial charge in [-0.1, -0.05) is 6.07 Å². The van der Waals surface area contributed by atoms with Crippen molar-refractivity contribution in [2.75, 3.05) is 0 Å². The smallest absolute Gasteiger partial charge is 0.287 e. The van der Waals surface area contributed by atoms with Gasteiger partial charge in [0, 0.05) is 18.2 Å². The van der Waals surface area contributed by atoms with E-state index in [4.69, 9.17) is 10.2 Å². The third-order valence-corrected chi connectivity index (χ3v) is 4.81. The Hall–Kier alpha value is -3.33. The van der Waals surface area contributed by atoms with Crippen LogP contribution in [0.15, 0.2) is 47.4 Å². The first-order valence-corrected chi connectivity index (χ1v) is 8.78. The van der Waals surface area contributed by atoms with Crippen LogP contribution in [0.5, 0.6) is 0 Å². The van der Waals surface area contributed by atoms with Crippen LogP contribution in [0.3, 0.4) is 0 Å². The normalized spacial score (nSPS) is 11.7. The van der Waals surface area contributed by atoms with Crippen LogP contribution in [0.4, 0.5) is 0 Å². The van der Waals surface area contributed by atoms with E-state index in [1.807, 2.05) is 0 Å². The van der Waals surface area contributed by atoms with Gasteiger partial charge >= 0.3 is 0 Å². The molecule has 0 aromatic carbocycles. The van der Waals surface area contributed by atoms with Crippen LogP contribution in [0.2, 0.25) is 0 Å². The van der Waals surface area contributed by atoms with E-state index in [-0.39, 0.29) is 6.42 Å². The summed E-state index contributed by atoms with van der Waals surface area (Å²) in [7, 11) is 0. The van der Waals surface area contributed by atoms with Crippen molar-refractivity contribution in [1.82, 2.24) is 14.7 Å².